The largest absolute Gasteiger partial charge is 0.493 e. The second-order valence-corrected chi connectivity index (χ2v) is 7.94. The summed E-state index contributed by atoms with van der Waals surface area (Å²) in [6.07, 6.45) is 2.36. The molecule has 0 spiro atoms. The van der Waals surface area contributed by atoms with Gasteiger partial charge in [0.2, 0.25) is 11.7 Å². The molecule has 170 valence electrons. The SMILES string of the molecule is COc1cc(C(=O)Nc2ncc3c(n2)C[C@H](c2cccc(Cl)c2)CC3=O)cc(OC)c1OC. The maximum Gasteiger partial charge on any atom is 0.258 e. The minimum absolute atomic E-state index is 0.0382. The summed E-state index contributed by atoms with van der Waals surface area (Å²) < 4.78 is 15.9. The van der Waals surface area contributed by atoms with Gasteiger partial charge in [-0.3, -0.25) is 14.9 Å². The van der Waals surface area contributed by atoms with E-state index in [2.05, 4.69) is 15.3 Å². The Labute approximate surface area is 195 Å². The third kappa shape index (κ3) is 4.61. The van der Waals surface area contributed by atoms with E-state index in [-0.39, 0.29) is 23.2 Å². The maximum absolute atomic E-state index is 12.9. The smallest absolute Gasteiger partial charge is 0.258 e. The first-order valence-corrected chi connectivity index (χ1v) is 10.6. The molecule has 4 rings (SSSR count). The Hall–Kier alpha value is -3.65. The summed E-state index contributed by atoms with van der Waals surface area (Å²) in [5.74, 6) is 0.648. The van der Waals surface area contributed by atoms with Gasteiger partial charge in [0, 0.05) is 23.2 Å². The molecule has 0 unspecified atom stereocenters. The molecule has 8 nitrogen and oxygen atoms in total. The van der Waals surface area contributed by atoms with Crippen LogP contribution in [-0.4, -0.2) is 43.0 Å². The zero-order valence-corrected chi connectivity index (χ0v) is 19.1. The lowest BCUT2D eigenvalue weighted by atomic mass is 9.82. The first-order chi connectivity index (χ1) is 15.9. The Morgan fingerprint density at radius 1 is 1.06 bits per heavy atom. The normalized spacial score (nSPS) is 14.9. The van der Waals surface area contributed by atoms with E-state index >= 15 is 0 Å². The van der Waals surface area contributed by atoms with Crippen molar-refractivity contribution in [3.63, 3.8) is 0 Å². The number of rotatable bonds is 6. The molecule has 3 aromatic rings. The molecule has 1 atom stereocenters. The average Bonchev–Trinajstić information content (AvgIpc) is 2.82. The third-order valence-corrected chi connectivity index (χ3v) is 5.75. The fourth-order valence-electron chi connectivity index (χ4n) is 3.89. The van der Waals surface area contributed by atoms with Crippen LogP contribution in [0.5, 0.6) is 17.2 Å². The fraction of sp³-hybridized carbons (Fsp3) is 0.250. The number of nitrogens with one attached hydrogen (secondary N) is 1. The van der Waals surface area contributed by atoms with Gasteiger partial charge in [-0.25, -0.2) is 9.97 Å². The highest BCUT2D eigenvalue weighted by Gasteiger charge is 2.28. The minimum Gasteiger partial charge on any atom is -0.493 e. The van der Waals surface area contributed by atoms with Crippen molar-refractivity contribution in [2.24, 2.45) is 0 Å². The first-order valence-electron chi connectivity index (χ1n) is 10.2. The van der Waals surface area contributed by atoms with Gasteiger partial charge in [-0.15, -0.1) is 0 Å². The number of benzene rings is 2. The number of methoxy groups -OCH3 is 3. The number of fused-ring (bicyclic) bond motifs is 1. The molecule has 1 N–H and O–H groups in total. The van der Waals surface area contributed by atoms with E-state index in [1.807, 2.05) is 18.2 Å². The van der Waals surface area contributed by atoms with Crippen molar-refractivity contribution < 1.29 is 23.8 Å². The summed E-state index contributed by atoms with van der Waals surface area (Å²) in [6.45, 7) is 0. The number of nitrogens with zero attached hydrogens (tertiary/aromatic N) is 2. The number of aromatic nitrogens is 2. The van der Waals surface area contributed by atoms with E-state index in [1.54, 1.807) is 6.07 Å². The van der Waals surface area contributed by atoms with E-state index < -0.39 is 5.91 Å². The predicted octanol–water partition coefficient (Wildman–Crippen LogP) is 4.32. The van der Waals surface area contributed by atoms with Crippen molar-refractivity contribution >= 4 is 29.2 Å². The van der Waals surface area contributed by atoms with Gasteiger partial charge in [0.15, 0.2) is 17.3 Å². The number of amides is 1. The number of hydrogen-bond donors (Lipinski definition) is 1. The van der Waals surface area contributed by atoms with Crippen LogP contribution in [0.1, 0.15) is 44.3 Å². The lowest BCUT2D eigenvalue weighted by molar-refractivity contribution is 0.0962. The summed E-state index contributed by atoms with van der Waals surface area (Å²) in [5, 5.41) is 3.30. The number of ketones is 1. The molecule has 1 amide bonds. The van der Waals surface area contributed by atoms with Crippen LogP contribution in [0.15, 0.2) is 42.6 Å². The summed E-state index contributed by atoms with van der Waals surface area (Å²) in [5.41, 5.74) is 2.31. The summed E-state index contributed by atoms with van der Waals surface area (Å²) >= 11 is 6.12. The van der Waals surface area contributed by atoms with E-state index in [0.717, 1.165) is 5.56 Å². The van der Waals surface area contributed by atoms with Crippen LogP contribution in [0.25, 0.3) is 0 Å². The first kappa shape index (κ1) is 22.5. The highest BCUT2D eigenvalue weighted by atomic mass is 35.5. The Kier molecular flexibility index (Phi) is 6.46. The Morgan fingerprint density at radius 2 is 1.79 bits per heavy atom. The van der Waals surface area contributed by atoms with Crippen molar-refractivity contribution in [3.8, 4) is 17.2 Å². The van der Waals surface area contributed by atoms with Crippen LogP contribution in [-0.2, 0) is 6.42 Å². The fourth-order valence-corrected chi connectivity index (χ4v) is 4.09. The quantitative estimate of drug-likeness (QED) is 0.576. The molecule has 1 heterocycles. The lowest BCUT2D eigenvalue weighted by Crippen LogP contribution is -2.22. The molecule has 1 aromatic heterocycles. The van der Waals surface area contributed by atoms with Gasteiger partial charge in [-0.05, 0) is 42.2 Å². The minimum atomic E-state index is -0.456. The van der Waals surface area contributed by atoms with Crippen LogP contribution in [0.2, 0.25) is 5.02 Å². The number of carbonyl (C=O) groups is 2. The highest BCUT2D eigenvalue weighted by Crippen LogP contribution is 2.38. The third-order valence-electron chi connectivity index (χ3n) is 5.51. The van der Waals surface area contributed by atoms with Crippen LogP contribution in [0, 0.1) is 0 Å². The van der Waals surface area contributed by atoms with E-state index in [9.17, 15) is 9.59 Å². The Morgan fingerprint density at radius 3 is 2.42 bits per heavy atom. The molecule has 0 bridgehead atoms. The zero-order valence-electron chi connectivity index (χ0n) is 18.3. The van der Waals surface area contributed by atoms with Crippen molar-refractivity contribution in [3.05, 3.63) is 70.0 Å². The van der Waals surface area contributed by atoms with Gasteiger partial charge in [0.1, 0.15) is 0 Å². The van der Waals surface area contributed by atoms with Gasteiger partial charge in [-0.2, -0.15) is 0 Å². The molecule has 0 aliphatic heterocycles. The second-order valence-electron chi connectivity index (χ2n) is 7.51. The van der Waals surface area contributed by atoms with Crippen LogP contribution in [0.4, 0.5) is 5.95 Å². The number of anilines is 1. The number of hydrogen-bond acceptors (Lipinski definition) is 7. The molecule has 0 saturated heterocycles. The second kappa shape index (κ2) is 9.46. The monoisotopic (exact) mass is 467 g/mol. The molecule has 1 aliphatic carbocycles. The molecular weight excluding hydrogens is 446 g/mol. The van der Waals surface area contributed by atoms with Crippen molar-refractivity contribution in [2.75, 3.05) is 26.6 Å². The summed E-state index contributed by atoms with van der Waals surface area (Å²) in [4.78, 5) is 34.2. The lowest BCUT2D eigenvalue weighted by Gasteiger charge is -2.23. The van der Waals surface area contributed by atoms with E-state index in [4.69, 9.17) is 25.8 Å². The molecule has 1 aliphatic rings. The van der Waals surface area contributed by atoms with Crippen LogP contribution < -0.4 is 19.5 Å². The molecule has 0 radical (unpaired) electrons. The van der Waals surface area contributed by atoms with Crippen LogP contribution in [0.3, 0.4) is 0 Å². The van der Waals surface area contributed by atoms with E-state index in [0.29, 0.717) is 46.4 Å². The molecule has 0 fully saturated rings. The zero-order chi connectivity index (χ0) is 23.5. The Balaban J connectivity index is 1.59. The predicted molar refractivity (Wildman–Crippen MR) is 123 cm³/mol. The van der Waals surface area contributed by atoms with Crippen molar-refractivity contribution in [1.29, 1.82) is 0 Å². The highest BCUT2D eigenvalue weighted by molar-refractivity contribution is 6.30. The van der Waals surface area contributed by atoms with Gasteiger partial charge >= 0.3 is 0 Å². The molecule has 0 saturated carbocycles. The van der Waals surface area contributed by atoms with Gasteiger partial charge in [0.25, 0.3) is 5.91 Å². The van der Waals surface area contributed by atoms with Crippen molar-refractivity contribution in [2.45, 2.75) is 18.8 Å². The topological polar surface area (TPSA) is 99.6 Å². The number of halogens is 1. The average molecular weight is 468 g/mol. The molecule has 2 aromatic carbocycles. The van der Waals surface area contributed by atoms with Gasteiger partial charge in [0.05, 0.1) is 32.6 Å². The number of carbonyl (C=O) groups excluding carboxylic acids is 2. The molecule has 33 heavy (non-hydrogen) atoms. The summed E-state index contributed by atoms with van der Waals surface area (Å²) in [6, 6.07) is 10.5. The standard InChI is InChI=1S/C24H22ClN3O5/c1-31-20-10-15(11-21(32-2)22(20)33-3)23(30)28-24-26-12-17-18(27-24)8-14(9-19(17)29)13-5-4-6-16(25)7-13/h4-7,10-12,14H,8-9H2,1-3H3,(H,26,27,28,30)/t14-/m0/s1. The van der Waals surface area contributed by atoms with Crippen LogP contribution >= 0.6 is 11.6 Å². The number of Topliss-reactive ketones (excluding diaryl/α,β-unsaturated/α-hetero) is 1. The summed E-state index contributed by atoms with van der Waals surface area (Å²) in [7, 11) is 4.43. The maximum atomic E-state index is 12.9. The molecule has 9 heteroatoms. The molecular formula is C24H22ClN3O5. The number of ether oxygens (including phenoxy) is 3. The Bertz CT molecular complexity index is 1210. The van der Waals surface area contributed by atoms with Gasteiger partial charge < -0.3 is 14.2 Å². The van der Waals surface area contributed by atoms with E-state index in [1.165, 1.54) is 39.7 Å². The van der Waals surface area contributed by atoms with Crippen molar-refractivity contribution in [1.82, 2.24) is 9.97 Å². The van der Waals surface area contributed by atoms with Gasteiger partial charge in [-0.1, -0.05) is 23.7 Å².